The molecule has 1 amide bonds. The van der Waals surface area contributed by atoms with Crippen molar-refractivity contribution in [1.82, 2.24) is 5.01 Å². The standard InChI is InChI=1S/C19H13FN4OS/c1-11-3-2-4-13(9-11)18-23-24-16(21)15(17(25)22-19(24)26-18)10-12-5-7-14(20)8-6-12/h2-10,21H,1H3. The fraction of sp³-hybridized carbons (Fsp3) is 0.0526. The highest BCUT2D eigenvalue weighted by Crippen LogP contribution is 2.31. The van der Waals surface area contributed by atoms with Crippen LogP contribution in [0.25, 0.3) is 6.08 Å². The molecule has 4 rings (SSSR count). The average molecular weight is 364 g/mol. The molecule has 2 aromatic carbocycles. The second-order valence-electron chi connectivity index (χ2n) is 5.85. The number of thioether (sulfide) groups is 1. The summed E-state index contributed by atoms with van der Waals surface area (Å²) in [6.07, 6.45) is 1.52. The molecule has 0 radical (unpaired) electrons. The first-order chi connectivity index (χ1) is 12.5. The lowest BCUT2D eigenvalue weighted by atomic mass is 10.1. The number of carbonyl (C=O) groups excluding carboxylic acids is 1. The maximum absolute atomic E-state index is 13.0. The van der Waals surface area contributed by atoms with Crippen molar-refractivity contribution >= 4 is 39.8 Å². The quantitative estimate of drug-likeness (QED) is 0.824. The van der Waals surface area contributed by atoms with Crippen LogP contribution in [0.4, 0.5) is 4.39 Å². The fourth-order valence-corrected chi connectivity index (χ4v) is 3.50. The molecule has 2 heterocycles. The molecule has 5 nitrogen and oxygen atoms in total. The molecule has 2 aliphatic heterocycles. The van der Waals surface area contributed by atoms with Gasteiger partial charge in [0, 0.05) is 5.56 Å². The number of hydrogen-bond donors (Lipinski definition) is 1. The molecule has 0 aliphatic carbocycles. The van der Waals surface area contributed by atoms with Gasteiger partial charge in [0.1, 0.15) is 10.9 Å². The van der Waals surface area contributed by atoms with Crippen LogP contribution in [0.3, 0.4) is 0 Å². The number of amidine groups is 2. The van der Waals surface area contributed by atoms with E-state index < -0.39 is 5.91 Å². The van der Waals surface area contributed by atoms with E-state index in [0.29, 0.717) is 15.8 Å². The summed E-state index contributed by atoms with van der Waals surface area (Å²) in [6.45, 7) is 1.99. The van der Waals surface area contributed by atoms with Gasteiger partial charge >= 0.3 is 0 Å². The number of aliphatic imine (C=N–C) groups is 1. The van der Waals surface area contributed by atoms with E-state index >= 15 is 0 Å². The Hall–Kier alpha value is -3.06. The Balaban J connectivity index is 1.69. The van der Waals surface area contributed by atoms with E-state index in [2.05, 4.69) is 10.1 Å². The number of benzene rings is 2. The molecule has 26 heavy (non-hydrogen) atoms. The molecular formula is C19H13FN4OS. The lowest BCUT2D eigenvalue weighted by Crippen LogP contribution is -2.35. The van der Waals surface area contributed by atoms with Crippen LogP contribution in [0, 0.1) is 18.2 Å². The van der Waals surface area contributed by atoms with E-state index in [1.807, 2.05) is 31.2 Å². The van der Waals surface area contributed by atoms with Gasteiger partial charge in [-0.25, -0.2) is 4.39 Å². The van der Waals surface area contributed by atoms with Gasteiger partial charge in [0.15, 0.2) is 5.84 Å². The Bertz CT molecular complexity index is 1020. The number of rotatable bonds is 2. The molecule has 0 saturated carbocycles. The highest BCUT2D eigenvalue weighted by molar-refractivity contribution is 8.27. The molecular weight excluding hydrogens is 351 g/mol. The summed E-state index contributed by atoms with van der Waals surface area (Å²) in [7, 11) is 0. The number of nitrogens with one attached hydrogen (secondary N) is 1. The lowest BCUT2D eigenvalue weighted by molar-refractivity contribution is -0.114. The largest absolute Gasteiger partial charge is 0.283 e. The number of fused-ring (bicyclic) bond motifs is 1. The van der Waals surface area contributed by atoms with Gasteiger partial charge in [-0.1, -0.05) is 35.9 Å². The van der Waals surface area contributed by atoms with Gasteiger partial charge < -0.3 is 0 Å². The molecule has 1 N–H and O–H groups in total. The number of halogens is 1. The Morgan fingerprint density at radius 1 is 1.19 bits per heavy atom. The van der Waals surface area contributed by atoms with Crippen molar-refractivity contribution in [3.8, 4) is 0 Å². The van der Waals surface area contributed by atoms with E-state index in [4.69, 9.17) is 5.41 Å². The summed E-state index contributed by atoms with van der Waals surface area (Å²) in [5, 5.41) is 15.2. The molecule has 2 aromatic rings. The predicted octanol–water partition coefficient (Wildman–Crippen LogP) is 3.80. The van der Waals surface area contributed by atoms with Gasteiger partial charge in [0.05, 0.1) is 5.57 Å². The van der Waals surface area contributed by atoms with Crippen molar-refractivity contribution in [1.29, 1.82) is 5.41 Å². The zero-order valence-electron chi connectivity index (χ0n) is 13.7. The van der Waals surface area contributed by atoms with Crippen molar-refractivity contribution in [2.45, 2.75) is 6.92 Å². The first kappa shape index (κ1) is 16.4. The SMILES string of the molecule is Cc1cccc(C2=NN3C(=N)C(=Cc4ccc(F)cc4)C(=O)N=C3S2)c1. The third-order valence-electron chi connectivity index (χ3n) is 3.90. The first-order valence-electron chi connectivity index (χ1n) is 7.84. The van der Waals surface area contributed by atoms with E-state index in [9.17, 15) is 9.18 Å². The third kappa shape index (κ3) is 2.97. The highest BCUT2D eigenvalue weighted by Gasteiger charge is 2.35. The number of amides is 1. The highest BCUT2D eigenvalue weighted by atomic mass is 32.2. The smallest absolute Gasteiger partial charge is 0.282 e. The molecule has 0 saturated heterocycles. The topological polar surface area (TPSA) is 68.9 Å². The maximum atomic E-state index is 13.0. The van der Waals surface area contributed by atoms with E-state index in [1.54, 1.807) is 12.1 Å². The van der Waals surface area contributed by atoms with Crippen molar-refractivity contribution in [2.75, 3.05) is 0 Å². The van der Waals surface area contributed by atoms with Crippen LogP contribution >= 0.6 is 11.8 Å². The van der Waals surface area contributed by atoms with Crippen molar-refractivity contribution in [3.63, 3.8) is 0 Å². The van der Waals surface area contributed by atoms with Crippen LogP contribution in [0.1, 0.15) is 16.7 Å². The Morgan fingerprint density at radius 3 is 2.69 bits per heavy atom. The molecule has 0 aromatic heterocycles. The molecule has 0 atom stereocenters. The summed E-state index contributed by atoms with van der Waals surface area (Å²) in [5.41, 5.74) is 2.75. The monoisotopic (exact) mass is 364 g/mol. The van der Waals surface area contributed by atoms with Crippen molar-refractivity contribution < 1.29 is 9.18 Å². The summed E-state index contributed by atoms with van der Waals surface area (Å²) >= 11 is 1.26. The fourth-order valence-electron chi connectivity index (χ4n) is 2.61. The molecule has 0 bridgehead atoms. The molecule has 0 unspecified atom stereocenters. The van der Waals surface area contributed by atoms with Gasteiger partial charge in [0.2, 0.25) is 5.17 Å². The number of carbonyl (C=O) groups is 1. The van der Waals surface area contributed by atoms with Crippen LogP contribution in [0.5, 0.6) is 0 Å². The minimum absolute atomic E-state index is 0.0421. The van der Waals surface area contributed by atoms with Gasteiger partial charge in [0.25, 0.3) is 5.91 Å². The van der Waals surface area contributed by atoms with E-state index in [-0.39, 0.29) is 17.2 Å². The minimum atomic E-state index is -0.501. The van der Waals surface area contributed by atoms with Crippen LogP contribution in [0.15, 0.2) is 64.2 Å². The lowest BCUT2D eigenvalue weighted by Gasteiger charge is -2.20. The van der Waals surface area contributed by atoms with E-state index in [1.165, 1.54) is 35.0 Å². The summed E-state index contributed by atoms with van der Waals surface area (Å²) in [4.78, 5) is 16.4. The van der Waals surface area contributed by atoms with E-state index in [0.717, 1.165) is 11.1 Å². The second kappa shape index (κ2) is 6.34. The number of nitrogens with zero attached hydrogens (tertiary/aromatic N) is 3. The summed E-state index contributed by atoms with van der Waals surface area (Å²) < 4.78 is 13.0. The van der Waals surface area contributed by atoms with Gasteiger partial charge in [-0.3, -0.25) is 10.2 Å². The zero-order chi connectivity index (χ0) is 18.3. The Labute approximate surface area is 153 Å². The van der Waals surface area contributed by atoms with Crippen molar-refractivity contribution in [2.24, 2.45) is 10.1 Å². The van der Waals surface area contributed by atoms with Crippen LogP contribution in [-0.4, -0.2) is 27.0 Å². The van der Waals surface area contributed by atoms with Crippen LogP contribution in [0.2, 0.25) is 0 Å². The maximum Gasteiger partial charge on any atom is 0.283 e. The van der Waals surface area contributed by atoms with Gasteiger partial charge in [-0.15, -0.1) is 0 Å². The zero-order valence-corrected chi connectivity index (χ0v) is 14.5. The number of hydrazone groups is 1. The second-order valence-corrected chi connectivity index (χ2v) is 6.80. The molecule has 0 fully saturated rings. The summed E-state index contributed by atoms with van der Waals surface area (Å²) in [5.74, 6) is -0.904. The van der Waals surface area contributed by atoms with Gasteiger partial charge in [-0.2, -0.15) is 15.1 Å². The van der Waals surface area contributed by atoms with Crippen LogP contribution < -0.4 is 0 Å². The molecule has 2 aliphatic rings. The first-order valence-corrected chi connectivity index (χ1v) is 8.66. The molecule has 7 heteroatoms. The normalized spacial score (nSPS) is 18.1. The number of aryl methyl sites for hydroxylation is 1. The summed E-state index contributed by atoms with van der Waals surface area (Å²) in [6, 6.07) is 13.5. The minimum Gasteiger partial charge on any atom is -0.282 e. The van der Waals surface area contributed by atoms with Crippen molar-refractivity contribution in [3.05, 3.63) is 76.6 Å². The third-order valence-corrected chi connectivity index (χ3v) is 4.86. The predicted molar refractivity (Wildman–Crippen MR) is 102 cm³/mol. The molecule has 128 valence electrons. The number of hydrogen-bond acceptors (Lipinski definition) is 4. The Kier molecular flexibility index (Phi) is 4.00. The molecule has 0 spiro atoms. The van der Waals surface area contributed by atoms with Gasteiger partial charge in [-0.05, 0) is 48.5 Å². The average Bonchev–Trinajstić information content (AvgIpc) is 3.04. The van der Waals surface area contributed by atoms with Crippen LogP contribution in [-0.2, 0) is 4.79 Å². The Morgan fingerprint density at radius 2 is 1.96 bits per heavy atom.